The van der Waals surface area contributed by atoms with Crippen molar-refractivity contribution in [2.45, 2.75) is 32.4 Å². The molecule has 1 N–H and O–H groups in total. The molecule has 0 aliphatic carbocycles. The van der Waals surface area contributed by atoms with Crippen LogP contribution in [0.15, 0.2) is 42.6 Å². The lowest BCUT2D eigenvalue weighted by Gasteiger charge is -2.39. The summed E-state index contributed by atoms with van der Waals surface area (Å²) in [7, 11) is 0. The van der Waals surface area contributed by atoms with Crippen molar-refractivity contribution in [1.29, 1.82) is 0 Å². The van der Waals surface area contributed by atoms with Crippen LogP contribution in [0.1, 0.15) is 37.1 Å². The molecule has 1 atom stereocenters. The third-order valence-corrected chi connectivity index (χ3v) is 4.68. The van der Waals surface area contributed by atoms with Gasteiger partial charge in [0.25, 0.3) is 0 Å². The number of nitrogens with one attached hydrogen (secondary N) is 1. The summed E-state index contributed by atoms with van der Waals surface area (Å²) in [5.41, 5.74) is 1.76. The predicted molar refractivity (Wildman–Crippen MR) is 94.9 cm³/mol. The van der Waals surface area contributed by atoms with E-state index >= 15 is 0 Å². The molecule has 5 heteroatoms. The van der Waals surface area contributed by atoms with E-state index in [1.165, 1.54) is 6.07 Å². The Bertz CT molecular complexity index is 682. The van der Waals surface area contributed by atoms with Gasteiger partial charge in [0.05, 0.1) is 6.04 Å². The Kier molecular flexibility index (Phi) is 4.96. The first-order valence-electron chi connectivity index (χ1n) is 8.16. The van der Waals surface area contributed by atoms with Crippen LogP contribution < -0.4 is 5.32 Å². The molecular formula is C18H22FN3S. The second kappa shape index (κ2) is 7.13. The molecule has 2 heterocycles. The molecule has 0 bridgehead atoms. The van der Waals surface area contributed by atoms with Gasteiger partial charge in [-0.15, -0.1) is 0 Å². The zero-order chi connectivity index (χ0) is 16.2. The van der Waals surface area contributed by atoms with Crippen molar-refractivity contribution in [3.05, 3.63) is 59.7 Å². The van der Waals surface area contributed by atoms with Crippen LogP contribution in [-0.4, -0.2) is 27.7 Å². The fourth-order valence-electron chi connectivity index (χ4n) is 3.10. The largest absolute Gasteiger partial charge is 0.363 e. The Morgan fingerprint density at radius 2 is 2.09 bits per heavy atom. The van der Waals surface area contributed by atoms with E-state index in [0.717, 1.165) is 38.2 Å². The molecule has 1 aliphatic heterocycles. The topological polar surface area (TPSA) is 20.2 Å². The van der Waals surface area contributed by atoms with E-state index in [4.69, 9.17) is 12.2 Å². The highest BCUT2D eigenvalue weighted by Gasteiger charge is 2.31. The molecular weight excluding hydrogens is 309 g/mol. The van der Waals surface area contributed by atoms with Crippen molar-refractivity contribution in [1.82, 2.24) is 14.8 Å². The quantitative estimate of drug-likeness (QED) is 0.681. The van der Waals surface area contributed by atoms with Gasteiger partial charge in [0.1, 0.15) is 5.82 Å². The second-order valence-electron chi connectivity index (χ2n) is 5.83. The molecule has 0 spiro atoms. The van der Waals surface area contributed by atoms with E-state index in [0.29, 0.717) is 10.7 Å². The monoisotopic (exact) mass is 331 g/mol. The van der Waals surface area contributed by atoms with E-state index in [9.17, 15) is 4.39 Å². The zero-order valence-electron chi connectivity index (χ0n) is 13.3. The molecule has 1 aliphatic rings. The smallest absolute Gasteiger partial charge is 0.169 e. The Labute approximate surface area is 142 Å². The minimum atomic E-state index is -0.187. The Morgan fingerprint density at radius 3 is 2.87 bits per heavy atom. The minimum absolute atomic E-state index is 0.179. The fourth-order valence-corrected chi connectivity index (χ4v) is 3.40. The van der Waals surface area contributed by atoms with E-state index in [1.54, 1.807) is 6.07 Å². The van der Waals surface area contributed by atoms with Crippen LogP contribution in [0, 0.1) is 5.82 Å². The molecule has 0 saturated carbocycles. The summed E-state index contributed by atoms with van der Waals surface area (Å²) in [6, 6.07) is 10.9. The van der Waals surface area contributed by atoms with Crippen molar-refractivity contribution in [3.63, 3.8) is 0 Å². The van der Waals surface area contributed by atoms with Gasteiger partial charge in [0.15, 0.2) is 5.11 Å². The molecule has 1 aromatic carbocycles. The highest BCUT2D eigenvalue weighted by Crippen LogP contribution is 2.33. The van der Waals surface area contributed by atoms with Crippen LogP contribution in [0.5, 0.6) is 0 Å². The molecule has 0 radical (unpaired) electrons. The summed E-state index contributed by atoms with van der Waals surface area (Å²) in [6.45, 7) is 4.65. The number of aromatic nitrogens is 1. The van der Waals surface area contributed by atoms with Crippen LogP contribution in [0.25, 0.3) is 0 Å². The van der Waals surface area contributed by atoms with Crippen LogP contribution in [-0.2, 0) is 6.54 Å². The number of nitrogens with zero attached hydrogens (tertiary/aromatic N) is 2. The Morgan fingerprint density at radius 1 is 1.26 bits per heavy atom. The van der Waals surface area contributed by atoms with Gasteiger partial charge in [-0.1, -0.05) is 31.5 Å². The first-order valence-corrected chi connectivity index (χ1v) is 8.57. The predicted octanol–water partition coefficient (Wildman–Crippen LogP) is 3.71. The number of benzene rings is 1. The molecule has 0 fully saturated rings. The number of hydrogen-bond acceptors (Lipinski definition) is 1. The number of fused-ring (bicyclic) bond motifs is 1. The molecule has 3 rings (SSSR count). The molecule has 0 unspecified atom stereocenters. The van der Waals surface area contributed by atoms with Crippen molar-refractivity contribution in [2.75, 3.05) is 13.1 Å². The highest BCUT2D eigenvalue weighted by atomic mass is 32.1. The molecule has 2 aromatic rings. The molecule has 23 heavy (non-hydrogen) atoms. The van der Waals surface area contributed by atoms with E-state index in [-0.39, 0.29) is 11.9 Å². The fraction of sp³-hybridized carbons (Fsp3) is 0.389. The normalized spacial score (nSPS) is 17.0. The van der Waals surface area contributed by atoms with Gasteiger partial charge < -0.3 is 14.8 Å². The van der Waals surface area contributed by atoms with Gasteiger partial charge in [0, 0.05) is 37.1 Å². The van der Waals surface area contributed by atoms with E-state index in [2.05, 4.69) is 27.8 Å². The average Bonchev–Trinajstić information content (AvgIpc) is 3.03. The van der Waals surface area contributed by atoms with Crippen LogP contribution in [0.2, 0.25) is 0 Å². The first kappa shape index (κ1) is 16.0. The van der Waals surface area contributed by atoms with Crippen LogP contribution >= 0.6 is 12.2 Å². The van der Waals surface area contributed by atoms with Crippen LogP contribution in [0.4, 0.5) is 4.39 Å². The second-order valence-corrected chi connectivity index (χ2v) is 6.22. The lowest BCUT2D eigenvalue weighted by Crippen LogP contribution is -2.47. The standard InChI is InChI=1S/C18H22FN3S/c1-2-3-10-20-18(23)22-13-12-21-11-6-9-16(21)17(22)14-7-4-5-8-15(14)19/h4-9,11,17H,2-3,10,12-13H2,1H3,(H,20,23)/t17-/m1/s1. The summed E-state index contributed by atoms with van der Waals surface area (Å²) in [6.07, 6.45) is 4.25. The van der Waals surface area contributed by atoms with Gasteiger partial charge in [-0.05, 0) is 36.8 Å². The van der Waals surface area contributed by atoms with Gasteiger partial charge in [-0.2, -0.15) is 0 Å². The number of thiocarbonyl (C=S) groups is 1. The first-order chi connectivity index (χ1) is 11.2. The number of halogens is 1. The third-order valence-electron chi connectivity index (χ3n) is 4.31. The summed E-state index contributed by atoms with van der Waals surface area (Å²) >= 11 is 5.59. The molecule has 0 saturated heterocycles. The van der Waals surface area contributed by atoms with Gasteiger partial charge >= 0.3 is 0 Å². The lowest BCUT2D eigenvalue weighted by molar-refractivity contribution is 0.280. The maximum atomic E-state index is 14.4. The van der Waals surface area contributed by atoms with Gasteiger partial charge in [-0.25, -0.2) is 4.39 Å². The molecule has 1 aromatic heterocycles. The molecule has 3 nitrogen and oxygen atoms in total. The van der Waals surface area contributed by atoms with E-state index in [1.807, 2.05) is 24.4 Å². The van der Waals surface area contributed by atoms with Crippen molar-refractivity contribution in [3.8, 4) is 0 Å². The summed E-state index contributed by atoms with van der Waals surface area (Å²) in [5, 5.41) is 4.03. The van der Waals surface area contributed by atoms with E-state index < -0.39 is 0 Å². The van der Waals surface area contributed by atoms with Crippen molar-refractivity contribution < 1.29 is 4.39 Å². The Hall–Kier alpha value is -1.88. The van der Waals surface area contributed by atoms with Crippen LogP contribution in [0.3, 0.4) is 0 Å². The summed E-state index contributed by atoms with van der Waals surface area (Å²) in [4.78, 5) is 2.11. The Balaban J connectivity index is 1.93. The molecule has 0 amide bonds. The van der Waals surface area contributed by atoms with Crippen molar-refractivity contribution >= 4 is 17.3 Å². The number of rotatable bonds is 4. The lowest BCUT2D eigenvalue weighted by atomic mass is 10.00. The van der Waals surface area contributed by atoms with Gasteiger partial charge in [-0.3, -0.25) is 0 Å². The zero-order valence-corrected chi connectivity index (χ0v) is 14.2. The maximum Gasteiger partial charge on any atom is 0.169 e. The minimum Gasteiger partial charge on any atom is -0.363 e. The maximum absolute atomic E-state index is 14.4. The highest BCUT2D eigenvalue weighted by molar-refractivity contribution is 7.80. The number of hydrogen-bond donors (Lipinski definition) is 1. The number of unbranched alkanes of at least 4 members (excludes halogenated alkanes) is 1. The summed E-state index contributed by atoms with van der Waals surface area (Å²) in [5.74, 6) is -0.187. The average molecular weight is 331 g/mol. The third kappa shape index (κ3) is 3.24. The summed E-state index contributed by atoms with van der Waals surface area (Å²) < 4.78 is 16.6. The van der Waals surface area contributed by atoms with Crippen molar-refractivity contribution in [2.24, 2.45) is 0 Å². The van der Waals surface area contributed by atoms with Gasteiger partial charge in [0.2, 0.25) is 0 Å². The molecule has 122 valence electrons. The SMILES string of the molecule is CCCCNC(=S)N1CCn2cccc2[C@H]1c1ccccc1F.